The second-order valence-corrected chi connectivity index (χ2v) is 8.51. The van der Waals surface area contributed by atoms with E-state index in [1.54, 1.807) is 31.4 Å². The second-order valence-electron chi connectivity index (χ2n) is 8.10. The normalized spacial score (nSPS) is 11.2. The van der Waals surface area contributed by atoms with Crippen molar-refractivity contribution in [3.8, 4) is 23.3 Å². The third-order valence-corrected chi connectivity index (χ3v) is 5.67. The first-order chi connectivity index (χ1) is 17.9. The van der Waals surface area contributed by atoms with E-state index in [2.05, 4.69) is 21.4 Å². The molecule has 0 bridgehead atoms. The fourth-order valence-corrected chi connectivity index (χ4v) is 3.88. The molecule has 0 unspecified atom stereocenters. The third-order valence-electron chi connectivity index (χ3n) is 5.39. The van der Waals surface area contributed by atoms with Gasteiger partial charge in [-0.2, -0.15) is 5.26 Å². The average molecular weight is 517 g/mol. The van der Waals surface area contributed by atoms with E-state index in [0.717, 1.165) is 11.1 Å². The minimum absolute atomic E-state index is 0.243. The lowest BCUT2D eigenvalue weighted by atomic mass is 10.1. The number of carbonyl (C=O) groups excluding carboxylic acids is 1. The number of nitriles is 1. The highest BCUT2D eigenvalue weighted by Gasteiger charge is 2.16. The fraction of sp³-hybridized carbons (Fsp3) is 0.179. The number of hydrogen-bond donors (Lipinski definition) is 2. The van der Waals surface area contributed by atoms with Gasteiger partial charge in [-0.25, -0.2) is 4.98 Å². The Labute approximate surface area is 219 Å². The van der Waals surface area contributed by atoms with Gasteiger partial charge in [-0.3, -0.25) is 4.79 Å². The van der Waals surface area contributed by atoms with Crippen LogP contribution in [0.3, 0.4) is 0 Å². The molecule has 8 nitrogen and oxygen atoms in total. The summed E-state index contributed by atoms with van der Waals surface area (Å²) in [6.45, 7) is 3.90. The molecule has 0 saturated carbocycles. The molecular formula is C28H25ClN4O4. The van der Waals surface area contributed by atoms with Crippen LogP contribution in [0.4, 0.5) is 5.69 Å². The molecule has 2 N–H and O–H groups in total. The first kappa shape index (κ1) is 25.6. The molecule has 9 heteroatoms. The number of fused-ring (bicyclic) bond motifs is 1. The van der Waals surface area contributed by atoms with E-state index in [0.29, 0.717) is 46.3 Å². The Morgan fingerprint density at radius 2 is 1.95 bits per heavy atom. The Morgan fingerprint density at radius 3 is 2.65 bits per heavy atom. The lowest BCUT2D eigenvalue weighted by Gasteiger charge is -2.14. The maximum absolute atomic E-state index is 12.4. The first-order valence-corrected chi connectivity index (χ1v) is 11.9. The number of hydrogen-bond acceptors (Lipinski definition) is 6. The molecule has 1 heterocycles. The van der Waals surface area contributed by atoms with E-state index >= 15 is 0 Å². The van der Waals surface area contributed by atoms with Crippen LogP contribution in [0.1, 0.15) is 23.9 Å². The van der Waals surface area contributed by atoms with Gasteiger partial charge >= 0.3 is 0 Å². The molecule has 0 spiro atoms. The molecule has 37 heavy (non-hydrogen) atoms. The van der Waals surface area contributed by atoms with Crippen LogP contribution < -0.4 is 19.5 Å². The zero-order valence-electron chi connectivity index (χ0n) is 20.6. The number of H-pyrrole nitrogens is 1. The molecule has 0 saturated heterocycles. The number of carbonyl (C=O) groups is 1. The molecule has 0 atom stereocenters. The number of aromatic nitrogens is 2. The van der Waals surface area contributed by atoms with Crippen LogP contribution in [-0.4, -0.2) is 36.2 Å². The number of anilines is 1. The van der Waals surface area contributed by atoms with Crippen LogP contribution in [-0.2, 0) is 4.79 Å². The number of nitrogens with one attached hydrogen (secondary N) is 2. The predicted molar refractivity (Wildman–Crippen MR) is 144 cm³/mol. The summed E-state index contributed by atoms with van der Waals surface area (Å²) >= 11 is 6.52. The average Bonchev–Trinajstić information content (AvgIpc) is 3.31. The fourth-order valence-electron chi connectivity index (χ4n) is 3.61. The number of methoxy groups -OCH3 is 1. The topological polar surface area (TPSA) is 109 Å². The van der Waals surface area contributed by atoms with E-state index in [1.807, 2.05) is 50.2 Å². The summed E-state index contributed by atoms with van der Waals surface area (Å²) in [7, 11) is 1.59. The van der Waals surface area contributed by atoms with E-state index < -0.39 is 0 Å². The van der Waals surface area contributed by atoms with Crippen LogP contribution in [0, 0.1) is 18.3 Å². The van der Waals surface area contributed by atoms with Crippen LogP contribution in [0.15, 0.2) is 54.6 Å². The highest BCUT2D eigenvalue weighted by molar-refractivity contribution is 6.32. The van der Waals surface area contributed by atoms with Gasteiger partial charge in [0.25, 0.3) is 5.91 Å². The van der Waals surface area contributed by atoms with E-state index in [1.165, 1.54) is 0 Å². The van der Waals surface area contributed by atoms with Crippen molar-refractivity contribution in [1.29, 1.82) is 5.26 Å². The number of aryl methyl sites for hydroxylation is 1. The molecule has 0 radical (unpaired) electrons. The molecule has 1 amide bonds. The molecular weight excluding hydrogens is 492 g/mol. The largest absolute Gasteiger partial charge is 0.497 e. The van der Waals surface area contributed by atoms with Crippen LogP contribution in [0.25, 0.3) is 22.7 Å². The quantitative estimate of drug-likeness (QED) is 0.263. The van der Waals surface area contributed by atoms with Gasteiger partial charge in [-0.05, 0) is 61.9 Å². The van der Waals surface area contributed by atoms with Crippen LogP contribution in [0.2, 0.25) is 5.02 Å². The number of benzene rings is 3. The number of nitrogens with zero attached hydrogens (tertiary/aromatic N) is 2. The van der Waals surface area contributed by atoms with Crippen molar-refractivity contribution in [2.75, 3.05) is 25.6 Å². The predicted octanol–water partition coefficient (Wildman–Crippen LogP) is 6.01. The molecule has 0 aliphatic carbocycles. The third kappa shape index (κ3) is 6.21. The summed E-state index contributed by atoms with van der Waals surface area (Å²) in [4.78, 5) is 20.0. The molecule has 4 rings (SSSR count). The highest BCUT2D eigenvalue weighted by atomic mass is 35.5. The SMILES string of the molecule is CCOc1cc(/C=C(/C#N)c2nc3ccc(OC)cc3[nH]2)cc(Cl)c1OCC(=O)Nc1ccc(C)cc1. The molecule has 1 aromatic heterocycles. The lowest BCUT2D eigenvalue weighted by molar-refractivity contribution is -0.118. The highest BCUT2D eigenvalue weighted by Crippen LogP contribution is 2.38. The van der Waals surface area contributed by atoms with Gasteiger partial charge in [-0.1, -0.05) is 29.3 Å². The van der Waals surface area contributed by atoms with Crippen molar-refractivity contribution in [3.05, 3.63) is 76.6 Å². The van der Waals surface area contributed by atoms with Crippen molar-refractivity contribution >= 4 is 45.9 Å². The summed E-state index contributed by atoms with van der Waals surface area (Å²) in [6.07, 6.45) is 1.65. The summed E-state index contributed by atoms with van der Waals surface area (Å²) < 4.78 is 16.7. The number of rotatable bonds is 9. The Hall–Kier alpha value is -4.48. The number of imidazole rings is 1. The van der Waals surface area contributed by atoms with E-state index in [9.17, 15) is 10.1 Å². The second kappa shape index (κ2) is 11.5. The molecule has 3 aromatic carbocycles. The number of halogens is 1. The maximum Gasteiger partial charge on any atom is 0.262 e. The van der Waals surface area contributed by atoms with Crippen LogP contribution >= 0.6 is 11.6 Å². The number of aromatic amines is 1. The Bertz CT molecular complexity index is 1500. The maximum atomic E-state index is 12.4. The van der Waals surface area contributed by atoms with Crippen molar-refractivity contribution in [2.24, 2.45) is 0 Å². The number of amides is 1. The minimum atomic E-state index is -0.334. The van der Waals surface area contributed by atoms with Crippen molar-refractivity contribution in [2.45, 2.75) is 13.8 Å². The van der Waals surface area contributed by atoms with Crippen molar-refractivity contribution in [3.63, 3.8) is 0 Å². The van der Waals surface area contributed by atoms with Gasteiger partial charge in [-0.15, -0.1) is 0 Å². The van der Waals surface area contributed by atoms with Gasteiger partial charge in [0.2, 0.25) is 0 Å². The monoisotopic (exact) mass is 516 g/mol. The molecule has 0 aliphatic heterocycles. The van der Waals surface area contributed by atoms with Gasteiger partial charge in [0.1, 0.15) is 17.6 Å². The summed E-state index contributed by atoms with van der Waals surface area (Å²) in [5.41, 5.74) is 4.13. The molecule has 0 aliphatic rings. The minimum Gasteiger partial charge on any atom is -0.497 e. The summed E-state index contributed by atoms with van der Waals surface area (Å²) in [5.74, 6) is 1.36. The van der Waals surface area contributed by atoms with E-state index in [-0.39, 0.29) is 23.3 Å². The smallest absolute Gasteiger partial charge is 0.262 e. The molecule has 0 fully saturated rings. The summed E-state index contributed by atoms with van der Waals surface area (Å²) in [5, 5.41) is 12.8. The Balaban J connectivity index is 1.56. The number of allylic oxidation sites excluding steroid dienone is 1. The lowest BCUT2D eigenvalue weighted by Crippen LogP contribution is -2.20. The first-order valence-electron chi connectivity index (χ1n) is 11.5. The van der Waals surface area contributed by atoms with E-state index in [4.69, 9.17) is 25.8 Å². The molecule has 188 valence electrons. The molecule has 4 aromatic rings. The van der Waals surface area contributed by atoms with Crippen molar-refractivity contribution < 1.29 is 19.0 Å². The van der Waals surface area contributed by atoms with Crippen LogP contribution in [0.5, 0.6) is 17.2 Å². The van der Waals surface area contributed by atoms with Gasteiger partial charge < -0.3 is 24.5 Å². The Kier molecular flexibility index (Phi) is 7.96. The van der Waals surface area contributed by atoms with Gasteiger partial charge in [0.05, 0.1) is 35.3 Å². The van der Waals surface area contributed by atoms with Crippen molar-refractivity contribution in [1.82, 2.24) is 9.97 Å². The zero-order chi connectivity index (χ0) is 26.4. The van der Waals surface area contributed by atoms with Gasteiger partial charge in [0.15, 0.2) is 18.1 Å². The standard InChI is InChI=1S/C28H25ClN4O4/c1-4-36-25-13-18(11-19(15-30)28-32-23-10-9-21(35-3)14-24(23)33-28)12-22(29)27(25)37-16-26(34)31-20-7-5-17(2)6-8-20/h5-14H,4,16H2,1-3H3,(H,31,34)(H,32,33)/b19-11-. The summed E-state index contributed by atoms with van der Waals surface area (Å²) in [6, 6.07) is 18.4. The zero-order valence-corrected chi connectivity index (χ0v) is 21.3. The van der Waals surface area contributed by atoms with Gasteiger partial charge in [0, 0.05) is 11.8 Å². The number of ether oxygens (including phenoxy) is 3. The Morgan fingerprint density at radius 1 is 1.16 bits per heavy atom.